The Morgan fingerprint density at radius 3 is 2.33 bits per heavy atom. The van der Waals surface area contributed by atoms with Crippen LogP contribution in [0.15, 0.2) is 53.4 Å². The van der Waals surface area contributed by atoms with E-state index in [0.717, 1.165) is 37.5 Å². The first-order valence-electron chi connectivity index (χ1n) is 9.59. The minimum Gasteiger partial charge on any atom is -0.369 e. The molecule has 1 aliphatic rings. The smallest absolute Gasteiger partial charge is 0.221 e. The van der Waals surface area contributed by atoms with Gasteiger partial charge in [0, 0.05) is 55.5 Å². The summed E-state index contributed by atoms with van der Waals surface area (Å²) in [5.74, 6) is 0.912. The number of thioether (sulfide) groups is 1. The van der Waals surface area contributed by atoms with Crippen molar-refractivity contribution in [3.63, 3.8) is 0 Å². The molecule has 0 aromatic heterocycles. The fourth-order valence-electron chi connectivity index (χ4n) is 3.07. The van der Waals surface area contributed by atoms with Crippen LogP contribution in [-0.2, 0) is 11.3 Å². The molecule has 2 aromatic rings. The molecule has 3 rings (SSSR count). The lowest BCUT2D eigenvalue weighted by molar-refractivity contribution is -0.120. The molecule has 0 atom stereocenters. The Hall–Kier alpha value is -1.98. The Kier molecular flexibility index (Phi) is 7.18. The molecule has 1 aliphatic heterocycles. The van der Waals surface area contributed by atoms with Crippen LogP contribution in [-0.4, -0.2) is 49.8 Å². The Labute approximate surface area is 166 Å². The van der Waals surface area contributed by atoms with Gasteiger partial charge in [-0.05, 0) is 43.8 Å². The molecule has 144 valence electrons. The van der Waals surface area contributed by atoms with Gasteiger partial charge in [0.25, 0.3) is 0 Å². The van der Waals surface area contributed by atoms with Crippen LogP contribution in [0, 0.1) is 6.92 Å². The maximum Gasteiger partial charge on any atom is 0.221 e. The van der Waals surface area contributed by atoms with Crippen LogP contribution >= 0.6 is 11.8 Å². The molecule has 0 saturated carbocycles. The highest BCUT2D eigenvalue weighted by molar-refractivity contribution is 7.99. The zero-order chi connectivity index (χ0) is 19.1. The first kappa shape index (κ1) is 19.8. The van der Waals surface area contributed by atoms with Crippen LogP contribution in [0.4, 0.5) is 5.69 Å². The molecule has 1 amide bonds. The van der Waals surface area contributed by atoms with Crippen molar-refractivity contribution in [1.82, 2.24) is 10.2 Å². The molecule has 0 aliphatic carbocycles. The van der Waals surface area contributed by atoms with Crippen LogP contribution < -0.4 is 10.2 Å². The lowest BCUT2D eigenvalue weighted by Crippen LogP contribution is -2.44. The second-order valence-corrected chi connectivity index (χ2v) is 8.31. The summed E-state index contributed by atoms with van der Waals surface area (Å²) in [7, 11) is 2.17. The third-order valence-corrected chi connectivity index (χ3v) is 5.93. The van der Waals surface area contributed by atoms with E-state index in [-0.39, 0.29) is 5.91 Å². The normalized spacial score (nSPS) is 15.0. The number of hydrogen-bond acceptors (Lipinski definition) is 4. The summed E-state index contributed by atoms with van der Waals surface area (Å²) in [6, 6.07) is 17.0. The van der Waals surface area contributed by atoms with Crippen LogP contribution in [0.1, 0.15) is 17.5 Å². The van der Waals surface area contributed by atoms with Crippen molar-refractivity contribution in [3.05, 3.63) is 59.7 Å². The van der Waals surface area contributed by atoms with Gasteiger partial charge in [-0.1, -0.05) is 29.8 Å². The number of nitrogens with one attached hydrogen (secondary N) is 1. The summed E-state index contributed by atoms with van der Waals surface area (Å²) >= 11 is 1.73. The summed E-state index contributed by atoms with van der Waals surface area (Å²) in [6.45, 7) is 7.05. The molecule has 1 N–H and O–H groups in total. The van der Waals surface area contributed by atoms with Crippen molar-refractivity contribution in [2.24, 2.45) is 0 Å². The number of aryl methyl sites for hydroxylation is 1. The number of carbonyl (C=O) groups excluding carboxylic acids is 1. The Morgan fingerprint density at radius 1 is 1.00 bits per heavy atom. The van der Waals surface area contributed by atoms with Gasteiger partial charge < -0.3 is 15.1 Å². The van der Waals surface area contributed by atoms with Crippen molar-refractivity contribution < 1.29 is 4.79 Å². The Bertz CT molecular complexity index is 722. The number of piperazine rings is 1. The first-order chi connectivity index (χ1) is 13.1. The number of amides is 1. The monoisotopic (exact) mass is 383 g/mol. The maximum absolute atomic E-state index is 12.1. The molecule has 0 unspecified atom stereocenters. The number of hydrogen-bond donors (Lipinski definition) is 1. The zero-order valence-electron chi connectivity index (χ0n) is 16.3. The van der Waals surface area contributed by atoms with E-state index in [1.807, 2.05) is 0 Å². The summed E-state index contributed by atoms with van der Waals surface area (Å²) in [5, 5.41) is 3.03. The molecule has 1 heterocycles. The molecule has 0 radical (unpaired) electrons. The molecule has 4 nitrogen and oxygen atoms in total. The summed E-state index contributed by atoms with van der Waals surface area (Å²) in [4.78, 5) is 18.1. The minimum atomic E-state index is 0.109. The van der Waals surface area contributed by atoms with Gasteiger partial charge in [-0.15, -0.1) is 11.8 Å². The number of anilines is 1. The fourth-order valence-corrected chi connectivity index (χ4v) is 3.93. The van der Waals surface area contributed by atoms with Crippen LogP contribution in [0.3, 0.4) is 0 Å². The number of carbonyl (C=O) groups is 1. The first-order valence-corrected chi connectivity index (χ1v) is 10.6. The van der Waals surface area contributed by atoms with Gasteiger partial charge in [0.1, 0.15) is 0 Å². The average molecular weight is 384 g/mol. The number of benzene rings is 2. The lowest BCUT2D eigenvalue weighted by atomic mass is 10.1. The quantitative estimate of drug-likeness (QED) is 0.742. The van der Waals surface area contributed by atoms with Crippen molar-refractivity contribution in [1.29, 1.82) is 0 Å². The molecule has 1 fully saturated rings. The van der Waals surface area contributed by atoms with Crippen molar-refractivity contribution in [2.45, 2.75) is 24.8 Å². The minimum absolute atomic E-state index is 0.109. The van der Waals surface area contributed by atoms with Gasteiger partial charge in [0.2, 0.25) is 5.91 Å². The number of likely N-dealkylation sites (N-methyl/N-ethyl adjacent to an activating group) is 1. The molecule has 0 spiro atoms. The van der Waals surface area contributed by atoms with Crippen molar-refractivity contribution in [3.8, 4) is 0 Å². The Balaban J connectivity index is 1.37. The maximum atomic E-state index is 12.1. The third kappa shape index (κ3) is 6.29. The molecule has 1 saturated heterocycles. The van der Waals surface area contributed by atoms with E-state index in [1.54, 1.807) is 11.8 Å². The van der Waals surface area contributed by atoms with Crippen molar-refractivity contribution in [2.75, 3.05) is 43.9 Å². The second kappa shape index (κ2) is 9.81. The molecular formula is C22H29N3OS. The van der Waals surface area contributed by atoms with Crippen LogP contribution in [0.2, 0.25) is 0 Å². The third-order valence-electron chi connectivity index (χ3n) is 4.91. The van der Waals surface area contributed by atoms with Crippen LogP contribution in [0.25, 0.3) is 0 Å². The fraction of sp³-hybridized carbons (Fsp3) is 0.409. The van der Waals surface area contributed by atoms with E-state index < -0.39 is 0 Å². The predicted molar refractivity (Wildman–Crippen MR) is 115 cm³/mol. The van der Waals surface area contributed by atoms with Gasteiger partial charge in [0.15, 0.2) is 0 Å². The van der Waals surface area contributed by atoms with Gasteiger partial charge in [-0.25, -0.2) is 0 Å². The standard InChI is InChI=1S/C22H29N3OS/c1-18-3-9-21(10-4-18)27-16-11-22(26)23-17-19-5-7-20(8-6-19)25-14-12-24(2)13-15-25/h3-10H,11-17H2,1-2H3,(H,23,26). The van der Waals surface area contributed by atoms with E-state index in [1.165, 1.54) is 16.1 Å². The van der Waals surface area contributed by atoms with E-state index in [4.69, 9.17) is 0 Å². The van der Waals surface area contributed by atoms with E-state index in [9.17, 15) is 4.79 Å². The van der Waals surface area contributed by atoms with E-state index in [2.05, 4.69) is 77.6 Å². The Morgan fingerprint density at radius 2 is 1.67 bits per heavy atom. The SMILES string of the molecule is Cc1ccc(SCCC(=O)NCc2ccc(N3CCN(C)CC3)cc2)cc1. The van der Waals surface area contributed by atoms with Gasteiger partial charge >= 0.3 is 0 Å². The van der Waals surface area contributed by atoms with Crippen LogP contribution in [0.5, 0.6) is 0 Å². The predicted octanol–water partition coefficient (Wildman–Crippen LogP) is 3.55. The van der Waals surface area contributed by atoms with E-state index >= 15 is 0 Å². The molecule has 2 aromatic carbocycles. The number of nitrogens with zero attached hydrogens (tertiary/aromatic N) is 2. The average Bonchev–Trinajstić information content (AvgIpc) is 2.69. The zero-order valence-corrected chi connectivity index (χ0v) is 17.1. The van der Waals surface area contributed by atoms with Gasteiger partial charge in [-0.2, -0.15) is 0 Å². The molecule has 0 bridgehead atoms. The largest absolute Gasteiger partial charge is 0.369 e. The van der Waals surface area contributed by atoms with Gasteiger partial charge in [-0.3, -0.25) is 4.79 Å². The topological polar surface area (TPSA) is 35.6 Å². The number of rotatable bonds is 7. The highest BCUT2D eigenvalue weighted by atomic mass is 32.2. The molecule has 27 heavy (non-hydrogen) atoms. The summed E-state index contributed by atoms with van der Waals surface area (Å²) < 4.78 is 0. The second-order valence-electron chi connectivity index (χ2n) is 7.15. The van der Waals surface area contributed by atoms with Gasteiger partial charge in [0.05, 0.1) is 0 Å². The molecule has 5 heteroatoms. The summed E-state index contributed by atoms with van der Waals surface area (Å²) in [5.41, 5.74) is 3.68. The lowest BCUT2D eigenvalue weighted by Gasteiger charge is -2.34. The summed E-state index contributed by atoms with van der Waals surface area (Å²) in [6.07, 6.45) is 0.540. The van der Waals surface area contributed by atoms with E-state index in [0.29, 0.717) is 13.0 Å². The highest BCUT2D eigenvalue weighted by Crippen LogP contribution is 2.19. The van der Waals surface area contributed by atoms with Crippen molar-refractivity contribution >= 4 is 23.4 Å². The highest BCUT2D eigenvalue weighted by Gasteiger charge is 2.13. The molecular weight excluding hydrogens is 354 g/mol.